The number of rotatable bonds is 26. The van der Waals surface area contributed by atoms with Crippen LogP contribution in [-0.2, 0) is 28.5 Å². The van der Waals surface area contributed by atoms with Gasteiger partial charge in [-0.3, -0.25) is 4.79 Å². The lowest BCUT2D eigenvalue weighted by atomic mass is 10.1. The Labute approximate surface area is 227 Å². The molecule has 0 saturated carbocycles. The van der Waals surface area contributed by atoms with Crippen molar-refractivity contribution in [3.63, 3.8) is 0 Å². The van der Waals surface area contributed by atoms with Crippen molar-refractivity contribution < 1.29 is 33.3 Å². The van der Waals surface area contributed by atoms with Crippen LogP contribution in [-0.4, -0.2) is 77.0 Å². The average Bonchev–Trinajstić information content (AvgIpc) is 2.87. The lowest BCUT2D eigenvalue weighted by molar-refractivity contribution is -0.160. The summed E-state index contributed by atoms with van der Waals surface area (Å²) in [6.07, 6.45) is 14.1. The molecule has 0 bridgehead atoms. The molecule has 0 spiro atoms. The zero-order chi connectivity index (χ0) is 27.6. The molecule has 0 rings (SSSR count). The minimum Gasteiger partial charge on any atom is -0.465 e. The van der Waals surface area contributed by atoms with Gasteiger partial charge in [-0.2, -0.15) is 0 Å². The topological polar surface area (TPSA) is 83.5 Å². The van der Waals surface area contributed by atoms with Crippen molar-refractivity contribution in [2.75, 3.05) is 53.7 Å². The number of carbonyl (C=O) groups excluding carboxylic acids is 2. The number of hydrogen-bond acceptors (Lipinski definition) is 8. The first kappa shape index (κ1) is 35.6. The first-order valence-corrected chi connectivity index (χ1v) is 14.7. The smallest absolute Gasteiger partial charge is 0.465 e. The number of nitrogens with zero attached hydrogens (tertiary/aromatic N) is 1. The summed E-state index contributed by atoms with van der Waals surface area (Å²) in [6, 6.07) is 0. The van der Waals surface area contributed by atoms with E-state index in [0.29, 0.717) is 26.2 Å². The molecule has 0 aliphatic rings. The Balaban J connectivity index is 4.18. The Morgan fingerprint density at radius 3 is 1.73 bits per heavy atom. The van der Waals surface area contributed by atoms with Crippen LogP contribution >= 0.6 is 0 Å². The second-order valence-corrected chi connectivity index (χ2v) is 10.2. The maximum atomic E-state index is 12.3. The summed E-state index contributed by atoms with van der Waals surface area (Å²) in [4.78, 5) is 25.8. The Morgan fingerprint density at radius 1 is 0.676 bits per heavy atom. The summed E-state index contributed by atoms with van der Waals surface area (Å²) < 4.78 is 27.4. The number of likely N-dealkylation sites (N-methyl/N-ethyl adjacent to an activating group) is 1. The number of esters is 1. The quantitative estimate of drug-likeness (QED) is 0.0689. The Morgan fingerprint density at radius 2 is 1.19 bits per heavy atom. The molecule has 37 heavy (non-hydrogen) atoms. The average molecular weight is 532 g/mol. The lowest BCUT2D eigenvalue weighted by Crippen LogP contribution is -2.23. The Hall–Kier alpha value is -1.38. The van der Waals surface area contributed by atoms with Gasteiger partial charge in [0, 0.05) is 32.1 Å². The third-order valence-corrected chi connectivity index (χ3v) is 5.96. The van der Waals surface area contributed by atoms with E-state index in [9.17, 15) is 9.59 Å². The predicted molar refractivity (Wildman–Crippen MR) is 148 cm³/mol. The van der Waals surface area contributed by atoms with Gasteiger partial charge in [0.1, 0.15) is 13.2 Å². The summed E-state index contributed by atoms with van der Waals surface area (Å²) >= 11 is 0. The van der Waals surface area contributed by atoms with Crippen molar-refractivity contribution in [3.8, 4) is 0 Å². The fourth-order valence-corrected chi connectivity index (χ4v) is 3.56. The minimum absolute atomic E-state index is 0.117. The first-order chi connectivity index (χ1) is 17.9. The van der Waals surface area contributed by atoms with Crippen LogP contribution in [0.5, 0.6) is 0 Å². The van der Waals surface area contributed by atoms with Gasteiger partial charge in [-0.15, -0.1) is 0 Å². The monoisotopic (exact) mass is 531 g/mol. The first-order valence-electron chi connectivity index (χ1n) is 14.7. The van der Waals surface area contributed by atoms with E-state index in [1.807, 2.05) is 25.9 Å². The van der Waals surface area contributed by atoms with E-state index in [-0.39, 0.29) is 44.4 Å². The maximum absolute atomic E-state index is 12.3. The fraction of sp³-hybridized carbons (Fsp3) is 0.931. The van der Waals surface area contributed by atoms with E-state index in [1.165, 1.54) is 51.4 Å². The molecule has 0 radical (unpaired) electrons. The molecule has 0 amide bonds. The van der Waals surface area contributed by atoms with Crippen LogP contribution in [0.1, 0.15) is 111 Å². The number of hydrogen-bond donors (Lipinski definition) is 0. The zero-order valence-corrected chi connectivity index (χ0v) is 24.6. The zero-order valence-electron chi connectivity index (χ0n) is 24.6. The van der Waals surface area contributed by atoms with Crippen molar-refractivity contribution >= 4 is 12.1 Å². The molecule has 0 aliphatic heterocycles. The summed E-state index contributed by atoms with van der Waals surface area (Å²) in [5, 5.41) is 0. The SMILES string of the molecule is CCCCCCCCOC(CCC(=O)OCC(C)COC(=O)OCCN(C)C)OCCCCCCCC. The molecule has 8 nitrogen and oxygen atoms in total. The van der Waals surface area contributed by atoms with Crippen LogP contribution in [0.4, 0.5) is 4.79 Å². The fourth-order valence-electron chi connectivity index (χ4n) is 3.56. The van der Waals surface area contributed by atoms with E-state index < -0.39 is 6.16 Å². The number of carbonyl (C=O) groups is 2. The molecule has 1 atom stereocenters. The van der Waals surface area contributed by atoms with Gasteiger partial charge in [0.15, 0.2) is 6.29 Å². The normalized spacial score (nSPS) is 12.2. The van der Waals surface area contributed by atoms with E-state index in [0.717, 1.165) is 25.7 Å². The molecule has 0 aliphatic carbocycles. The van der Waals surface area contributed by atoms with Crippen LogP contribution in [0.15, 0.2) is 0 Å². The summed E-state index contributed by atoms with van der Waals surface area (Å²) in [5.41, 5.74) is 0. The highest BCUT2D eigenvalue weighted by Gasteiger charge is 2.15. The molecule has 0 aromatic heterocycles. The summed E-state index contributed by atoms with van der Waals surface area (Å²) in [5.74, 6) is -0.411. The van der Waals surface area contributed by atoms with Gasteiger partial charge in [0.2, 0.25) is 0 Å². The van der Waals surface area contributed by atoms with Gasteiger partial charge in [0.05, 0.1) is 13.0 Å². The molecular weight excluding hydrogens is 474 g/mol. The molecule has 220 valence electrons. The van der Waals surface area contributed by atoms with E-state index in [1.54, 1.807) is 0 Å². The van der Waals surface area contributed by atoms with Crippen LogP contribution in [0, 0.1) is 5.92 Å². The molecule has 0 aromatic rings. The summed E-state index contributed by atoms with van der Waals surface area (Å²) in [7, 11) is 3.80. The standard InChI is InChI=1S/C29H57NO7/c1-6-8-10-12-14-16-21-33-28(34-22-17-15-13-11-9-7-2)19-18-27(31)36-24-26(3)25-37-29(32)35-23-20-30(4)5/h26,28H,6-25H2,1-5H3. The van der Waals surface area contributed by atoms with Crippen LogP contribution in [0.3, 0.4) is 0 Å². The third-order valence-electron chi connectivity index (χ3n) is 5.96. The minimum atomic E-state index is -0.701. The lowest BCUT2D eigenvalue weighted by Gasteiger charge is -2.19. The highest BCUT2D eigenvalue weighted by Crippen LogP contribution is 2.12. The van der Waals surface area contributed by atoms with Gasteiger partial charge >= 0.3 is 12.1 Å². The molecule has 1 unspecified atom stereocenters. The predicted octanol–water partition coefficient (Wildman–Crippen LogP) is 6.74. The number of ether oxygens (including phenoxy) is 5. The van der Waals surface area contributed by atoms with Crippen molar-refractivity contribution in [1.29, 1.82) is 0 Å². The number of unbranched alkanes of at least 4 members (excludes halogenated alkanes) is 10. The van der Waals surface area contributed by atoms with Gasteiger partial charge in [0.25, 0.3) is 0 Å². The maximum Gasteiger partial charge on any atom is 0.508 e. The second kappa shape index (κ2) is 26.2. The van der Waals surface area contributed by atoms with Crippen LogP contribution < -0.4 is 0 Å². The molecule has 0 saturated heterocycles. The van der Waals surface area contributed by atoms with Gasteiger partial charge in [-0.1, -0.05) is 85.0 Å². The highest BCUT2D eigenvalue weighted by atomic mass is 16.7. The molecular formula is C29H57NO7. The van der Waals surface area contributed by atoms with Crippen LogP contribution in [0.25, 0.3) is 0 Å². The molecule has 8 heteroatoms. The Kier molecular flexibility index (Phi) is 25.3. The summed E-state index contributed by atoms with van der Waals surface area (Å²) in [6.45, 7) is 8.84. The molecule has 0 fully saturated rings. The molecule has 0 aromatic carbocycles. The van der Waals surface area contributed by atoms with E-state index in [4.69, 9.17) is 23.7 Å². The van der Waals surface area contributed by atoms with Gasteiger partial charge < -0.3 is 28.6 Å². The van der Waals surface area contributed by atoms with Gasteiger partial charge in [-0.05, 0) is 26.9 Å². The van der Waals surface area contributed by atoms with Crippen molar-refractivity contribution in [3.05, 3.63) is 0 Å². The molecule has 0 heterocycles. The second-order valence-electron chi connectivity index (χ2n) is 10.2. The van der Waals surface area contributed by atoms with E-state index in [2.05, 4.69) is 13.8 Å². The van der Waals surface area contributed by atoms with E-state index >= 15 is 0 Å². The molecule has 0 N–H and O–H groups in total. The van der Waals surface area contributed by atoms with Crippen molar-refractivity contribution in [1.82, 2.24) is 4.90 Å². The Bertz CT molecular complexity index is 512. The largest absolute Gasteiger partial charge is 0.508 e. The third kappa shape index (κ3) is 26.0. The van der Waals surface area contributed by atoms with Crippen molar-refractivity contribution in [2.45, 2.75) is 117 Å². The van der Waals surface area contributed by atoms with Crippen LogP contribution in [0.2, 0.25) is 0 Å². The van der Waals surface area contributed by atoms with Crippen molar-refractivity contribution in [2.24, 2.45) is 5.92 Å². The highest BCUT2D eigenvalue weighted by molar-refractivity contribution is 5.69. The van der Waals surface area contributed by atoms with Gasteiger partial charge in [-0.25, -0.2) is 4.79 Å².